The smallest absolute Gasteiger partial charge is 0.236 e. The normalized spacial score (nSPS) is 12.0. The van der Waals surface area contributed by atoms with Crippen LogP contribution in [0, 0.1) is 0 Å². The van der Waals surface area contributed by atoms with Gasteiger partial charge in [0.15, 0.2) is 0 Å². The summed E-state index contributed by atoms with van der Waals surface area (Å²) < 4.78 is 0. The highest BCUT2D eigenvalue weighted by atomic mass is 35.5. The zero-order valence-electron chi connectivity index (χ0n) is 14.4. The second kappa shape index (κ2) is 9.81. The third-order valence-corrected chi connectivity index (χ3v) is 4.73. The highest BCUT2D eigenvalue weighted by molar-refractivity contribution is 6.31. The molecule has 25 heavy (non-hydrogen) atoms. The Bertz CT molecular complexity index is 701. The van der Waals surface area contributed by atoms with Crippen molar-refractivity contribution in [3.63, 3.8) is 0 Å². The molecular formula is C20H24Cl2N2O. The molecule has 0 aliphatic heterocycles. The maximum Gasteiger partial charge on any atom is 0.236 e. The van der Waals surface area contributed by atoms with E-state index >= 15 is 0 Å². The van der Waals surface area contributed by atoms with Crippen LogP contribution in [0.2, 0.25) is 10.0 Å². The number of halogens is 2. The molecule has 2 aromatic carbocycles. The quantitative estimate of drug-likeness (QED) is 0.690. The molecule has 1 amide bonds. The van der Waals surface area contributed by atoms with Crippen molar-refractivity contribution in [2.45, 2.75) is 38.6 Å². The Kier molecular flexibility index (Phi) is 7.76. The SMILES string of the molecule is CCCCC(N)C(=O)NCCc1ccc(-c2ccc(Cl)cc2)cc1Cl. The zero-order valence-corrected chi connectivity index (χ0v) is 15.9. The Morgan fingerprint density at radius 3 is 2.44 bits per heavy atom. The molecule has 0 radical (unpaired) electrons. The van der Waals surface area contributed by atoms with E-state index in [0.29, 0.717) is 23.0 Å². The summed E-state index contributed by atoms with van der Waals surface area (Å²) in [4.78, 5) is 11.9. The van der Waals surface area contributed by atoms with E-state index in [9.17, 15) is 4.79 Å². The molecule has 2 aromatic rings. The first kappa shape index (κ1) is 19.8. The number of nitrogens with one attached hydrogen (secondary N) is 1. The second-order valence-electron chi connectivity index (χ2n) is 6.10. The molecule has 5 heteroatoms. The van der Waals surface area contributed by atoms with Crippen LogP contribution in [0.15, 0.2) is 42.5 Å². The molecule has 3 N–H and O–H groups in total. The summed E-state index contributed by atoms with van der Waals surface area (Å²) in [5.41, 5.74) is 8.96. The molecule has 0 aliphatic rings. The Balaban J connectivity index is 1.91. The maximum atomic E-state index is 11.9. The van der Waals surface area contributed by atoms with Gasteiger partial charge in [0.2, 0.25) is 5.91 Å². The lowest BCUT2D eigenvalue weighted by Gasteiger charge is -2.12. The predicted octanol–water partition coefficient (Wildman–Crippen LogP) is 4.84. The van der Waals surface area contributed by atoms with Crippen LogP contribution >= 0.6 is 23.2 Å². The van der Waals surface area contributed by atoms with E-state index in [1.165, 1.54) is 0 Å². The van der Waals surface area contributed by atoms with Gasteiger partial charge >= 0.3 is 0 Å². The molecule has 0 saturated carbocycles. The topological polar surface area (TPSA) is 55.1 Å². The largest absolute Gasteiger partial charge is 0.354 e. The molecule has 0 aromatic heterocycles. The van der Waals surface area contributed by atoms with Gasteiger partial charge in [0.1, 0.15) is 0 Å². The summed E-state index contributed by atoms with van der Waals surface area (Å²) in [6.07, 6.45) is 3.40. The molecular weight excluding hydrogens is 355 g/mol. The van der Waals surface area contributed by atoms with E-state index in [4.69, 9.17) is 28.9 Å². The number of hydrogen-bond donors (Lipinski definition) is 2. The molecule has 0 fully saturated rings. The average Bonchev–Trinajstić information content (AvgIpc) is 2.61. The van der Waals surface area contributed by atoms with Crippen LogP contribution < -0.4 is 11.1 Å². The number of nitrogens with two attached hydrogens (primary N) is 1. The Morgan fingerprint density at radius 1 is 1.12 bits per heavy atom. The van der Waals surface area contributed by atoms with Crippen LogP contribution in [0.3, 0.4) is 0 Å². The fraction of sp³-hybridized carbons (Fsp3) is 0.350. The lowest BCUT2D eigenvalue weighted by Crippen LogP contribution is -2.41. The Morgan fingerprint density at radius 2 is 1.80 bits per heavy atom. The summed E-state index contributed by atoms with van der Waals surface area (Å²) in [6, 6.07) is 13.2. The van der Waals surface area contributed by atoms with Gasteiger partial charge in [0, 0.05) is 16.6 Å². The highest BCUT2D eigenvalue weighted by Crippen LogP contribution is 2.26. The van der Waals surface area contributed by atoms with Gasteiger partial charge in [-0.05, 0) is 47.7 Å². The van der Waals surface area contributed by atoms with E-state index in [-0.39, 0.29) is 5.91 Å². The van der Waals surface area contributed by atoms with Gasteiger partial charge in [0.05, 0.1) is 6.04 Å². The summed E-state index contributed by atoms with van der Waals surface area (Å²) in [5, 5.41) is 4.28. The lowest BCUT2D eigenvalue weighted by molar-refractivity contribution is -0.122. The van der Waals surface area contributed by atoms with Crippen molar-refractivity contribution in [1.29, 1.82) is 0 Å². The summed E-state index contributed by atoms with van der Waals surface area (Å²) in [6.45, 7) is 2.61. The third kappa shape index (κ3) is 6.03. The number of benzene rings is 2. The number of hydrogen-bond acceptors (Lipinski definition) is 2. The number of rotatable bonds is 8. The van der Waals surface area contributed by atoms with Crippen molar-refractivity contribution in [1.82, 2.24) is 5.32 Å². The van der Waals surface area contributed by atoms with Gasteiger partial charge < -0.3 is 11.1 Å². The molecule has 0 bridgehead atoms. The van der Waals surface area contributed by atoms with Crippen molar-refractivity contribution in [2.24, 2.45) is 5.73 Å². The van der Waals surface area contributed by atoms with Crippen LogP contribution in [0.25, 0.3) is 11.1 Å². The molecule has 0 saturated heterocycles. The number of carbonyl (C=O) groups is 1. The fourth-order valence-electron chi connectivity index (χ4n) is 2.58. The summed E-state index contributed by atoms with van der Waals surface area (Å²) >= 11 is 12.3. The first-order valence-electron chi connectivity index (χ1n) is 8.59. The molecule has 1 unspecified atom stereocenters. The summed E-state index contributed by atoms with van der Waals surface area (Å²) in [7, 11) is 0. The van der Waals surface area contributed by atoms with Crippen LogP contribution in [0.4, 0.5) is 0 Å². The predicted molar refractivity (Wildman–Crippen MR) is 106 cm³/mol. The van der Waals surface area contributed by atoms with Crippen LogP contribution in [-0.4, -0.2) is 18.5 Å². The standard InChI is InChI=1S/C20H24Cl2N2O/c1-2-3-4-19(23)20(25)24-12-11-15-5-6-16(13-18(15)22)14-7-9-17(21)10-8-14/h5-10,13,19H,2-4,11-12,23H2,1H3,(H,24,25). The first-order chi connectivity index (χ1) is 12.0. The van der Waals surface area contributed by atoms with Crippen LogP contribution in [0.5, 0.6) is 0 Å². The monoisotopic (exact) mass is 378 g/mol. The van der Waals surface area contributed by atoms with E-state index < -0.39 is 6.04 Å². The van der Waals surface area contributed by atoms with Gasteiger partial charge in [-0.3, -0.25) is 4.79 Å². The van der Waals surface area contributed by atoms with Gasteiger partial charge in [-0.2, -0.15) is 0 Å². The Labute approximate surface area is 159 Å². The van der Waals surface area contributed by atoms with Gasteiger partial charge in [-0.1, -0.05) is 67.2 Å². The van der Waals surface area contributed by atoms with Crippen molar-refractivity contribution in [3.8, 4) is 11.1 Å². The Hall–Kier alpha value is -1.55. The van der Waals surface area contributed by atoms with E-state index in [0.717, 1.165) is 36.0 Å². The lowest BCUT2D eigenvalue weighted by atomic mass is 10.0. The zero-order chi connectivity index (χ0) is 18.2. The number of unbranched alkanes of at least 4 members (excludes halogenated alkanes) is 1. The van der Waals surface area contributed by atoms with Gasteiger partial charge in [-0.25, -0.2) is 0 Å². The first-order valence-corrected chi connectivity index (χ1v) is 9.34. The van der Waals surface area contributed by atoms with Crippen LogP contribution in [0.1, 0.15) is 31.7 Å². The molecule has 2 rings (SSSR count). The fourth-order valence-corrected chi connectivity index (χ4v) is 2.98. The van der Waals surface area contributed by atoms with E-state index in [1.807, 2.05) is 42.5 Å². The third-order valence-electron chi connectivity index (χ3n) is 4.13. The molecule has 134 valence electrons. The van der Waals surface area contributed by atoms with Crippen molar-refractivity contribution < 1.29 is 4.79 Å². The molecule has 3 nitrogen and oxygen atoms in total. The molecule has 0 heterocycles. The minimum Gasteiger partial charge on any atom is -0.354 e. The van der Waals surface area contributed by atoms with Gasteiger partial charge in [0.25, 0.3) is 0 Å². The van der Waals surface area contributed by atoms with Crippen molar-refractivity contribution in [2.75, 3.05) is 6.54 Å². The van der Waals surface area contributed by atoms with Crippen LogP contribution in [-0.2, 0) is 11.2 Å². The average molecular weight is 379 g/mol. The number of carbonyl (C=O) groups excluding carboxylic acids is 1. The number of amides is 1. The van der Waals surface area contributed by atoms with E-state index in [1.54, 1.807) is 0 Å². The minimum atomic E-state index is -0.428. The van der Waals surface area contributed by atoms with E-state index in [2.05, 4.69) is 12.2 Å². The van der Waals surface area contributed by atoms with Crippen molar-refractivity contribution >= 4 is 29.1 Å². The molecule has 0 aliphatic carbocycles. The molecule has 1 atom stereocenters. The minimum absolute atomic E-state index is 0.0950. The summed E-state index contributed by atoms with van der Waals surface area (Å²) in [5.74, 6) is -0.0950. The van der Waals surface area contributed by atoms with Crippen molar-refractivity contribution in [3.05, 3.63) is 58.1 Å². The van der Waals surface area contributed by atoms with Gasteiger partial charge in [-0.15, -0.1) is 0 Å². The molecule has 0 spiro atoms. The second-order valence-corrected chi connectivity index (χ2v) is 6.95. The highest BCUT2D eigenvalue weighted by Gasteiger charge is 2.12. The maximum absolute atomic E-state index is 11.9.